The quantitative estimate of drug-likeness (QED) is 0.279. The lowest BCUT2D eigenvalue weighted by Gasteiger charge is -2.34. The predicted octanol–water partition coefficient (Wildman–Crippen LogP) is 4.69. The summed E-state index contributed by atoms with van der Waals surface area (Å²) < 4.78 is 11.0. The van der Waals surface area contributed by atoms with Crippen LogP contribution in [0.4, 0.5) is 0 Å². The molecule has 0 radical (unpaired) electrons. The maximum atomic E-state index is 13.7. The van der Waals surface area contributed by atoms with Crippen molar-refractivity contribution in [2.45, 2.75) is 6.54 Å². The van der Waals surface area contributed by atoms with Gasteiger partial charge in [0.15, 0.2) is 0 Å². The molecule has 3 heterocycles. The van der Waals surface area contributed by atoms with Gasteiger partial charge in [0.05, 0.1) is 18.5 Å². The van der Waals surface area contributed by atoms with Crippen molar-refractivity contribution >= 4 is 28.9 Å². The normalized spacial score (nSPS) is 14.8. The highest BCUT2D eigenvalue weighted by Crippen LogP contribution is 2.27. The summed E-state index contributed by atoms with van der Waals surface area (Å²) in [6.45, 7) is 3.29. The molecule has 178 valence electrons. The summed E-state index contributed by atoms with van der Waals surface area (Å²) in [6, 6.07) is 21.5. The van der Waals surface area contributed by atoms with Crippen molar-refractivity contribution in [3.63, 3.8) is 0 Å². The number of thiophene rings is 1. The molecule has 2 aromatic carbocycles. The Morgan fingerprint density at radius 1 is 1.03 bits per heavy atom. The first-order valence-electron chi connectivity index (χ1n) is 11.5. The van der Waals surface area contributed by atoms with Gasteiger partial charge in [0, 0.05) is 37.3 Å². The number of aromatic nitrogens is 2. The molecule has 0 aliphatic carbocycles. The average molecular weight is 487 g/mol. The predicted molar refractivity (Wildman–Crippen MR) is 137 cm³/mol. The van der Waals surface area contributed by atoms with Crippen molar-refractivity contribution in [3.8, 4) is 16.5 Å². The SMILES string of the molecule is COc1ccccc1/C=C(/C(=O)N1CCN(Cc2nc(-c3cccs3)no2)CC1)c1ccccc1. The molecule has 0 N–H and O–H groups in total. The van der Waals surface area contributed by atoms with Crippen molar-refractivity contribution in [2.75, 3.05) is 33.3 Å². The maximum absolute atomic E-state index is 13.7. The second-order valence-electron chi connectivity index (χ2n) is 8.22. The summed E-state index contributed by atoms with van der Waals surface area (Å²) in [4.78, 5) is 23.3. The number of piperazine rings is 1. The molecule has 1 fully saturated rings. The van der Waals surface area contributed by atoms with Crippen molar-refractivity contribution < 1.29 is 14.1 Å². The molecule has 0 saturated carbocycles. The highest BCUT2D eigenvalue weighted by atomic mass is 32.1. The largest absolute Gasteiger partial charge is 0.496 e. The second-order valence-corrected chi connectivity index (χ2v) is 9.17. The lowest BCUT2D eigenvalue weighted by atomic mass is 10.0. The lowest BCUT2D eigenvalue weighted by Crippen LogP contribution is -2.48. The molecule has 4 aromatic rings. The maximum Gasteiger partial charge on any atom is 0.254 e. The average Bonchev–Trinajstić information content (AvgIpc) is 3.61. The summed E-state index contributed by atoms with van der Waals surface area (Å²) in [6.07, 6.45) is 1.92. The van der Waals surface area contributed by atoms with Gasteiger partial charge in [0.2, 0.25) is 11.7 Å². The van der Waals surface area contributed by atoms with E-state index in [0.717, 1.165) is 34.8 Å². The van der Waals surface area contributed by atoms with Gasteiger partial charge in [-0.2, -0.15) is 4.98 Å². The number of methoxy groups -OCH3 is 1. The van der Waals surface area contributed by atoms with Gasteiger partial charge in [0.25, 0.3) is 5.91 Å². The molecular formula is C27H26N4O3S. The van der Waals surface area contributed by atoms with E-state index in [0.29, 0.717) is 36.9 Å². The Bertz CT molecular complexity index is 1290. The van der Waals surface area contributed by atoms with E-state index in [4.69, 9.17) is 9.26 Å². The number of hydrogen-bond acceptors (Lipinski definition) is 7. The van der Waals surface area contributed by atoms with E-state index in [2.05, 4.69) is 15.0 Å². The number of ether oxygens (including phenoxy) is 1. The van der Waals surface area contributed by atoms with Gasteiger partial charge in [0.1, 0.15) is 5.75 Å². The Kier molecular flexibility index (Phi) is 7.02. The van der Waals surface area contributed by atoms with Crippen molar-refractivity contribution in [1.29, 1.82) is 0 Å². The molecule has 0 bridgehead atoms. The van der Waals surface area contributed by atoms with Gasteiger partial charge in [-0.25, -0.2) is 0 Å². The molecule has 2 aromatic heterocycles. The van der Waals surface area contributed by atoms with E-state index in [1.807, 2.05) is 83.1 Å². The zero-order valence-electron chi connectivity index (χ0n) is 19.5. The fourth-order valence-electron chi connectivity index (χ4n) is 4.12. The smallest absolute Gasteiger partial charge is 0.254 e. The molecular weight excluding hydrogens is 460 g/mol. The van der Waals surface area contributed by atoms with Gasteiger partial charge < -0.3 is 14.2 Å². The van der Waals surface area contributed by atoms with Crippen molar-refractivity contribution in [3.05, 3.63) is 89.1 Å². The number of rotatable bonds is 7. The zero-order chi connectivity index (χ0) is 24.0. The van der Waals surface area contributed by atoms with Crippen molar-refractivity contribution in [2.24, 2.45) is 0 Å². The highest BCUT2D eigenvalue weighted by molar-refractivity contribution is 7.13. The van der Waals surface area contributed by atoms with Crippen LogP contribution in [0.1, 0.15) is 17.0 Å². The minimum Gasteiger partial charge on any atom is -0.496 e. The minimum atomic E-state index is 0.0135. The van der Waals surface area contributed by atoms with Gasteiger partial charge in [-0.15, -0.1) is 11.3 Å². The summed E-state index contributed by atoms with van der Waals surface area (Å²) >= 11 is 1.59. The summed E-state index contributed by atoms with van der Waals surface area (Å²) in [5, 5.41) is 6.09. The molecule has 1 aliphatic heterocycles. The summed E-state index contributed by atoms with van der Waals surface area (Å²) in [5.74, 6) is 1.96. The third-order valence-electron chi connectivity index (χ3n) is 5.98. The van der Waals surface area contributed by atoms with Crippen LogP contribution in [0, 0.1) is 0 Å². The fraction of sp³-hybridized carbons (Fsp3) is 0.222. The van der Waals surface area contributed by atoms with Crippen LogP contribution in [0.5, 0.6) is 5.75 Å². The van der Waals surface area contributed by atoms with Gasteiger partial charge in [-0.3, -0.25) is 9.69 Å². The fourth-order valence-corrected chi connectivity index (χ4v) is 4.77. The molecule has 1 saturated heterocycles. The van der Waals surface area contributed by atoms with E-state index in [1.165, 1.54) is 0 Å². The topological polar surface area (TPSA) is 71.7 Å². The standard InChI is InChI=1S/C27H26N4O3S/c1-33-23-11-6-5-10-21(23)18-22(20-8-3-2-4-9-20)27(32)31-15-13-30(14-16-31)19-25-28-26(29-34-25)24-12-7-17-35-24/h2-12,17-18H,13-16,19H2,1H3/b22-18+. The molecule has 1 aliphatic rings. The van der Waals surface area contributed by atoms with E-state index in [9.17, 15) is 4.79 Å². The van der Waals surface area contributed by atoms with Crippen LogP contribution in [-0.2, 0) is 11.3 Å². The van der Waals surface area contributed by atoms with Crippen LogP contribution in [0.25, 0.3) is 22.4 Å². The van der Waals surface area contributed by atoms with Crippen LogP contribution < -0.4 is 4.74 Å². The molecule has 8 heteroatoms. The molecule has 35 heavy (non-hydrogen) atoms. The zero-order valence-corrected chi connectivity index (χ0v) is 20.3. The van der Waals surface area contributed by atoms with E-state index in [1.54, 1.807) is 18.4 Å². The molecule has 0 spiro atoms. The number of amides is 1. The number of benzene rings is 2. The van der Waals surface area contributed by atoms with Crippen LogP contribution in [0.15, 0.2) is 76.6 Å². The Morgan fingerprint density at radius 2 is 1.80 bits per heavy atom. The number of carbonyl (C=O) groups is 1. The number of hydrogen-bond donors (Lipinski definition) is 0. The molecule has 7 nitrogen and oxygen atoms in total. The lowest BCUT2D eigenvalue weighted by molar-refractivity contribution is -0.126. The summed E-state index contributed by atoms with van der Waals surface area (Å²) in [5.41, 5.74) is 2.41. The van der Waals surface area contributed by atoms with E-state index < -0.39 is 0 Å². The Hall–Kier alpha value is -3.75. The number of para-hydroxylation sites is 1. The monoisotopic (exact) mass is 486 g/mol. The molecule has 5 rings (SSSR count). The second kappa shape index (κ2) is 10.7. The first kappa shape index (κ1) is 23.0. The third kappa shape index (κ3) is 5.34. The Morgan fingerprint density at radius 3 is 2.54 bits per heavy atom. The van der Waals surface area contributed by atoms with Crippen LogP contribution >= 0.6 is 11.3 Å². The van der Waals surface area contributed by atoms with Gasteiger partial charge >= 0.3 is 0 Å². The number of carbonyl (C=O) groups excluding carboxylic acids is 1. The third-order valence-corrected chi connectivity index (χ3v) is 6.85. The van der Waals surface area contributed by atoms with Gasteiger partial charge in [-0.05, 0) is 29.2 Å². The highest BCUT2D eigenvalue weighted by Gasteiger charge is 2.26. The van der Waals surface area contributed by atoms with Crippen LogP contribution in [0.3, 0.4) is 0 Å². The van der Waals surface area contributed by atoms with Crippen LogP contribution in [0.2, 0.25) is 0 Å². The van der Waals surface area contributed by atoms with Gasteiger partial charge in [-0.1, -0.05) is 59.8 Å². The van der Waals surface area contributed by atoms with E-state index in [-0.39, 0.29) is 5.91 Å². The molecule has 0 unspecified atom stereocenters. The Balaban J connectivity index is 1.28. The first-order valence-corrected chi connectivity index (χ1v) is 12.4. The summed E-state index contributed by atoms with van der Waals surface area (Å²) in [7, 11) is 1.64. The first-order chi connectivity index (χ1) is 17.2. The molecule has 0 atom stereocenters. The number of nitrogens with zero attached hydrogens (tertiary/aromatic N) is 4. The van der Waals surface area contributed by atoms with Crippen LogP contribution in [-0.4, -0.2) is 59.1 Å². The van der Waals surface area contributed by atoms with Crippen molar-refractivity contribution in [1.82, 2.24) is 19.9 Å². The minimum absolute atomic E-state index is 0.0135. The van der Waals surface area contributed by atoms with E-state index >= 15 is 0 Å². The Labute approximate surface area is 208 Å². The molecule has 1 amide bonds.